The molecule has 0 aromatic heterocycles. The van der Waals surface area contributed by atoms with Gasteiger partial charge in [-0.15, -0.1) is 0 Å². The molecule has 0 spiro atoms. The van der Waals surface area contributed by atoms with Gasteiger partial charge in [-0.2, -0.15) is 0 Å². The Labute approximate surface area is 146 Å². The Morgan fingerprint density at radius 3 is 2.38 bits per heavy atom. The van der Waals surface area contributed by atoms with Crippen molar-refractivity contribution in [1.82, 2.24) is 26.6 Å². The summed E-state index contributed by atoms with van der Waals surface area (Å²) < 4.78 is 0. The highest BCUT2D eigenvalue weighted by molar-refractivity contribution is 5.73. The van der Waals surface area contributed by atoms with Gasteiger partial charge in [0.2, 0.25) is 0 Å². The van der Waals surface area contributed by atoms with E-state index in [0.717, 1.165) is 37.8 Å². The molecule has 138 valence electrons. The lowest BCUT2D eigenvalue weighted by atomic mass is 9.74. The molecule has 4 atom stereocenters. The quantitative estimate of drug-likeness (QED) is 0.535. The summed E-state index contributed by atoms with van der Waals surface area (Å²) >= 11 is 0. The van der Waals surface area contributed by atoms with Crippen molar-refractivity contribution in [2.75, 3.05) is 20.1 Å². The van der Waals surface area contributed by atoms with Crippen molar-refractivity contribution < 1.29 is 4.79 Å². The van der Waals surface area contributed by atoms with Crippen molar-refractivity contribution in [2.24, 2.45) is 11.8 Å². The minimum absolute atomic E-state index is 0.0413. The minimum atomic E-state index is -0.0413. The molecular weight excluding hydrogens is 302 g/mol. The molecule has 0 aromatic rings. The SMILES string of the molecule is CNC(=O)NC1CCC(C2CC(C3CCNC(C)N3)CCN2)CC1. The summed E-state index contributed by atoms with van der Waals surface area (Å²) in [7, 11) is 1.68. The molecule has 24 heavy (non-hydrogen) atoms. The molecule has 0 radical (unpaired) electrons. The van der Waals surface area contributed by atoms with Crippen LogP contribution in [0.2, 0.25) is 0 Å². The van der Waals surface area contributed by atoms with Crippen molar-refractivity contribution >= 4 is 6.03 Å². The summed E-state index contributed by atoms with van der Waals surface area (Å²) in [6, 6.07) is 1.65. The van der Waals surface area contributed by atoms with Crippen LogP contribution in [0.4, 0.5) is 4.79 Å². The number of urea groups is 1. The normalized spacial score (nSPS) is 40.8. The molecule has 0 aromatic carbocycles. The van der Waals surface area contributed by atoms with E-state index < -0.39 is 0 Å². The van der Waals surface area contributed by atoms with Crippen LogP contribution in [-0.2, 0) is 0 Å². The van der Waals surface area contributed by atoms with Gasteiger partial charge in [-0.3, -0.25) is 5.32 Å². The smallest absolute Gasteiger partial charge is 0.314 e. The average molecular weight is 338 g/mol. The monoisotopic (exact) mass is 337 g/mol. The van der Waals surface area contributed by atoms with Crippen molar-refractivity contribution in [3.8, 4) is 0 Å². The Bertz CT molecular complexity index is 410. The molecule has 1 saturated carbocycles. The number of amides is 2. The second-order valence-electron chi connectivity index (χ2n) is 7.92. The van der Waals surface area contributed by atoms with Crippen molar-refractivity contribution in [3.63, 3.8) is 0 Å². The number of carbonyl (C=O) groups is 1. The second kappa shape index (κ2) is 8.50. The summed E-state index contributed by atoms with van der Waals surface area (Å²) in [6.45, 7) is 4.53. The topological polar surface area (TPSA) is 77.2 Å². The minimum Gasteiger partial charge on any atom is -0.341 e. The zero-order valence-corrected chi connectivity index (χ0v) is 15.2. The van der Waals surface area contributed by atoms with Crippen molar-refractivity contribution in [3.05, 3.63) is 0 Å². The van der Waals surface area contributed by atoms with Crippen LogP contribution in [-0.4, -0.2) is 50.5 Å². The number of carbonyl (C=O) groups excluding carboxylic acids is 1. The Balaban J connectivity index is 1.46. The summed E-state index contributed by atoms with van der Waals surface area (Å²) in [6.07, 6.45) is 9.00. The van der Waals surface area contributed by atoms with Crippen molar-refractivity contribution in [2.45, 2.75) is 76.2 Å². The van der Waals surface area contributed by atoms with Gasteiger partial charge in [-0.05, 0) is 76.8 Å². The van der Waals surface area contributed by atoms with Gasteiger partial charge >= 0.3 is 6.03 Å². The third kappa shape index (κ3) is 4.61. The Morgan fingerprint density at radius 2 is 1.67 bits per heavy atom. The van der Waals surface area contributed by atoms with Crippen LogP contribution in [0.1, 0.15) is 51.9 Å². The second-order valence-corrected chi connectivity index (χ2v) is 7.92. The predicted octanol–water partition coefficient (Wildman–Crippen LogP) is 1.14. The number of nitrogens with one attached hydrogen (secondary N) is 5. The van der Waals surface area contributed by atoms with Gasteiger partial charge in [-0.25, -0.2) is 4.79 Å². The van der Waals surface area contributed by atoms with E-state index in [1.54, 1.807) is 7.05 Å². The van der Waals surface area contributed by atoms with Crippen LogP contribution >= 0.6 is 0 Å². The van der Waals surface area contributed by atoms with Crippen LogP contribution in [0, 0.1) is 11.8 Å². The first kappa shape index (κ1) is 18.0. The van der Waals surface area contributed by atoms with E-state index in [0.29, 0.717) is 24.3 Å². The molecule has 0 bridgehead atoms. The molecule has 2 saturated heterocycles. The van der Waals surface area contributed by atoms with Crippen LogP contribution in [0.25, 0.3) is 0 Å². The lowest BCUT2D eigenvalue weighted by Crippen LogP contribution is -2.57. The van der Waals surface area contributed by atoms with Crippen molar-refractivity contribution in [1.29, 1.82) is 0 Å². The maximum Gasteiger partial charge on any atom is 0.314 e. The first-order valence-electron chi connectivity index (χ1n) is 9.86. The Hall–Kier alpha value is -0.850. The van der Waals surface area contributed by atoms with E-state index in [1.807, 2.05) is 0 Å². The van der Waals surface area contributed by atoms with Gasteiger partial charge in [0.25, 0.3) is 0 Å². The summed E-state index contributed by atoms with van der Waals surface area (Å²) in [5, 5.41) is 16.8. The average Bonchev–Trinajstić information content (AvgIpc) is 2.62. The fourth-order valence-electron chi connectivity index (χ4n) is 4.92. The van der Waals surface area contributed by atoms with Gasteiger partial charge in [0, 0.05) is 25.2 Å². The van der Waals surface area contributed by atoms with E-state index in [4.69, 9.17) is 0 Å². The van der Waals surface area contributed by atoms with E-state index in [9.17, 15) is 4.79 Å². The third-order valence-electron chi connectivity index (χ3n) is 6.32. The highest BCUT2D eigenvalue weighted by Gasteiger charge is 2.35. The molecule has 6 heteroatoms. The first-order valence-corrected chi connectivity index (χ1v) is 9.86. The molecule has 2 aliphatic heterocycles. The molecule has 2 amide bonds. The molecule has 1 aliphatic carbocycles. The zero-order valence-electron chi connectivity index (χ0n) is 15.2. The van der Waals surface area contributed by atoms with Gasteiger partial charge in [0.05, 0.1) is 6.17 Å². The molecular formula is C18H35N5O. The third-order valence-corrected chi connectivity index (χ3v) is 6.32. The van der Waals surface area contributed by atoms with Crippen LogP contribution in [0.3, 0.4) is 0 Å². The van der Waals surface area contributed by atoms with E-state index in [1.165, 1.54) is 32.1 Å². The molecule has 3 aliphatic rings. The molecule has 6 nitrogen and oxygen atoms in total. The summed E-state index contributed by atoms with van der Waals surface area (Å²) in [5.74, 6) is 1.58. The lowest BCUT2D eigenvalue weighted by Gasteiger charge is -2.43. The number of hydrogen-bond donors (Lipinski definition) is 5. The fourth-order valence-corrected chi connectivity index (χ4v) is 4.92. The molecule has 3 fully saturated rings. The first-order chi connectivity index (χ1) is 11.7. The molecule has 5 N–H and O–H groups in total. The van der Waals surface area contributed by atoms with E-state index in [-0.39, 0.29) is 6.03 Å². The maximum atomic E-state index is 11.5. The van der Waals surface area contributed by atoms with Crippen LogP contribution in [0.15, 0.2) is 0 Å². The number of hydrogen-bond acceptors (Lipinski definition) is 4. The van der Waals surface area contributed by atoms with Gasteiger partial charge in [0.15, 0.2) is 0 Å². The Kier molecular flexibility index (Phi) is 6.36. The Morgan fingerprint density at radius 1 is 0.917 bits per heavy atom. The molecule has 4 unspecified atom stereocenters. The fraction of sp³-hybridized carbons (Fsp3) is 0.944. The predicted molar refractivity (Wildman–Crippen MR) is 96.9 cm³/mol. The summed E-state index contributed by atoms with van der Waals surface area (Å²) in [4.78, 5) is 11.5. The number of piperidine rings is 1. The summed E-state index contributed by atoms with van der Waals surface area (Å²) in [5.41, 5.74) is 0. The largest absolute Gasteiger partial charge is 0.341 e. The van der Waals surface area contributed by atoms with Gasteiger partial charge < -0.3 is 21.3 Å². The molecule has 3 rings (SSSR count). The van der Waals surface area contributed by atoms with Gasteiger partial charge in [0.1, 0.15) is 0 Å². The van der Waals surface area contributed by atoms with E-state index in [2.05, 4.69) is 33.5 Å². The maximum absolute atomic E-state index is 11.5. The highest BCUT2D eigenvalue weighted by Crippen LogP contribution is 2.33. The standard InChI is InChI=1S/C18H35N5O/c1-12-20-10-8-16(22-12)14-7-9-21-17(11-14)13-3-5-15(6-4-13)23-18(24)19-2/h12-17,20-22H,3-11H2,1-2H3,(H2,19,23,24). The van der Waals surface area contributed by atoms with Crippen LogP contribution < -0.4 is 26.6 Å². The highest BCUT2D eigenvalue weighted by atomic mass is 16.2. The number of rotatable bonds is 3. The van der Waals surface area contributed by atoms with Crippen LogP contribution in [0.5, 0.6) is 0 Å². The molecule has 2 heterocycles. The van der Waals surface area contributed by atoms with E-state index >= 15 is 0 Å². The van der Waals surface area contributed by atoms with Gasteiger partial charge in [-0.1, -0.05) is 0 Å². The lowest BCUT2D eigenvalue weighted by molar-refractivity contribution is 0.142. The zero-order chi connectivity index (χ0) is 16.9.